The molecule has 1 heterocycles. The van der Waals surface area contributed by atoms with Crippen LogP contribution in [0.25, 0.3) is 17.1 Å². The molecule has 0 amide bonds. The minimum absolute atomic E-state index is 0.517. The van der Waals surface area contributed by atoms with Gasteiger partial charge in [0.15, 0.2) is 11.0 Å². The zero-order chi connectivity index (χ0) is 14.8. The monoisotopic (exact) mass is 317 g/mol. The molecule has 1 aromatic heterocycles. The van der Waals surface area contributed by atoms with Crippen molar-refractivity contribution in [2.24, 2.45) is 0 Å². The van der Waals surface area contributed by atoms with Gasteiger partial charge in [0.05, 0.1) is 7.11 Å². The van der Waals surface area contributed by atoms with Crippen molar-refractivity contribution < 1.29 is 4.74 Å². The minimum Gasteiger partial charge on any atom is -0.497 e. The molecule has 3 aromatic rings. The fourth-order valence-electron chi connectivity index (χ4n) is 2.03. The van der Waals surface area contributed by atoms with Crippen LogP contribution >= 0.6 is 24.2 Å². The first-order chi connectivity index (χ1) is 10.2. The van der Waals surface area contributed by atoms with Crippen molar-refractivity contribution in [1.29, 1.82) is 0 Å². The number of thiol groups is 1. The normalized spacial score (nSPS) is 10.6. The minimum atomic E-state index is 0.517. The summed E-state index contributed by atoms with van der Waals surface area (Å²) in [6.45, 7) is 0. The SMILES string of the molecule is COc1ccc(-c2nnc(S)n2-c2ccc(Cl)cc2)cc1. The summed E-state index contributed by atoms with van der Waals surface area (Å²) < 4.78 is 7.03. The van der Waals surface area contributed by atoms with E-state index in [0.29, 0.717) is 16.0 Å². The molecule has 21 heavy (non-hydrogen) atoms. The van der Waals surface area contributed by atoms with Crippen molar-refractivity contribution in [2.75, 3.05) is 7.11 Å². The summed E-state index contributed by atoms with van der Waals surface area (Å²) in [5.41, 5.74) is 1.83. The lowest BCUT2D eigenvalue weighted by Gasteiger charge is -2.09. The molecule has 2 aromatic carbocycles. The number of ether oxygens (including phenoxy) is 1. The first-order valence-electron chi connectivity index (χ1n) is 6.24. The number of benzene rings is 2. The highest BCUT2D eigenvalue weighted by atomic mass is 35.5. The van der Waals surface area contributed by atoms with Crippen molar-refractivity contribution in [3.8, 4) is 22.8 Å². The second-order valence-electron chi connectivity index (χ2n) is 4.36. The van der Waals surface area contributed by atoms with Gasteiger partial charge in [0.1, 0.15) is 5.75 Å². The molecule has 0 bridgehead atoms. The van der Waals surface area contributed by atoms with Gasteiger partial charge in [-0.2, -0.15) is 0 Å². The third-order valence-corrected chi connectivity index (χ3v) is 3.62. The van der Waals surface area contributed by atoms with Gasteiger partial charge in [0.2, 0.25) is 0 Å². The molecule has 0 N–H and O–H groups in total. The van der Waals surface area contributed by atoms with Gasteiger partial charge in [-0.05, 0) is 48.5 Å². The predicted octanol–water partition coefficient (Wildman–Crippen LogP) is 3.89. The van der Waals surface area contributed by atoms with Crippen LogP contribution in [0.5, 0.6) is 5.75 Å². The van der Waals surface area contributed by atoms with Crippen LogP contribution in [0.15, 0.2) is 53.7 Å². The van der Waals surface area contributed by atoms with Crippen LogP contribution in [0.1, 0.15) is 0 Å². The highest BCUT2D eigenvalue weighted by Gasteiger charge is 2.13. The smallest absolute Gasteiger partial charge is 0.193 e. The molecule has 106 valence electrons. The molecule has 0 spiro atoms. The van der Waals surface area contributed by atoms with Gasteiger partial charge in [0, 0.05) is 16.3 Å². The molecule has 0 unspecified atom stereocenters. The van der Waals surface area contributed by atoms with E-state index in [9.17, 15) is 0 Å². The summed E-state index contributed by atoms with van der Waals surface area (Å²) >= 11 is 10.3. The zero-order valence-corrected chi connectivity index (χ0v) is 12.8. The number of hydrogen-bond acceptors (Lipinski definition) is 4. The van der Waals surface area contributed by atoms with Crippen LogP contribution in [0.2, 0.25) is 5.02 Å². The summed E-state index contributed by atoms with van der Waals surface area (Å²) in [5.74, 6) is 1.51. The van der Waals surface area contributed by atoms with Crippen molar-refractivity contribution in [1.82, 2.24) is 14.8 Å². The average Bonchev–Trinajstić information content (AvgIpc) is 2.90. The van der Waals surface area contributed by atoms with Crippen LogP contribution in [-0.4, -0.2) is 21.9 Å². The Morgan fingerprint density at radius 1 is 1.00 bits per heavy atom. The van der Waals surface area contributed by atoms with Crippen LogP contribution in [0.3, 0.4) is 0 Å². The summed E-state index contributed by atoms with van der Waals surface area (Å²) in [5, 5.41) is 9.45. The maximum Gasteiger partial charge on any atom is 0.193 e. The fourth-order valence-corrected chi connectivity index (χ4v) is 2.41. The first-order valence-corrected chi connectivity index (χ1v) is 7.06. The van der Waals surface area contributed by atoms with E-state index in [0.717, 1.165) is 17.0 Å². The molecule has 0 saturated carbocycles. The number of hydrogen-bond donors (Lipinski definition) is 1. The number of methoxy groups -OCH3 is 1. The first kappa shape index (κ1) is 14.0. The zero-order valence-electron chi connectivity index (χ0n) is 11.2. The maximum absolute atomic E-state index is 5.93. The van der Waals surface area contributed by atoms with Crippen molar-refractivity contribution in [2.45, 2.75) is 5.16 Å². The van der Waals surface area contributed by atoms with E-state index >= 15 is 0 Å². The molecule has 3 rings (SSSR count). The topological polar surface area (TPSA) is 39.9 Å². The number of halogens is 1. The van der Waals surface area contributed by atoms with Gasteiger partial charge < -0.3 is 4.74 Å². The average molecular weight is 318 g/mol. The van der Waals surface area contributed by atoms with Gasteiger partial charge in [-0.25, -0.2) is 0 Å². The van der Waals surface area contributed by atoms with Gasteiger partial charge >= 0.3 is 0 Å². The molecule has 0 fully saturated rings. The van der Waals surface area contributed by atoms with Crippen molar-refractivity contribution in [3.05, 3.63) is 53.6 Å². The Morgan fingerprint density at radius 2 is 1.67 bits per heavy atom. The molecule has 0 radical (unpaired) electrons. The van der Waals surface area contributed by atoms with E-state index in [2.05, 4.69) is 22.8 Å². The Kier molecular flexibility index (Phi) is 3.86. The number of rotatable bonds is 3. The molecule has 4 nitrogen and oxygen atoms in total. The van der Waals surface area contributed by atoms with E-state index in [-0.39, 0.29) is 0 Å². The summed E-state index contributed by atoms with van der Waals surface area (Å²) in [6, 6.07) is 15.1. The van der Waals surface area contributed by atoms with Crippen LogP contribution in [-0.2, 0) is 0 Å². The molecular weight excluding hydrogens is 306 g/mol. The number of aromatic nitrogens is 3. The molecule has 0 atom stereocenters. The third kappa shape index (κ3) is 2.75. The van der Waals surface area contributed by atoms with Crippen molar-refractivity contribution in [3.63, 3.8) is 0 Å². The van der Waals surface area contributed by atoms with Gasteiger partial charge in [-0.1, -0.05) is 11.6 Å². The Balaban J connectivity index is 2.09. The Morgan fingerprint density at radius 3 is 2.29 bits per heavy atom. The number of nitrogens with zero attached hydrogens (tertiary/aromatic N) is 3. The van der Waals surface area contributed by atoms with Crippen molar-refractivity contribution >= 4 is 24.2 Å². The van der Waals surface area contributed by atoms with E-state index in [1.807, 2.05) is 53.1 Å². The van der Waals surface area contributed by atoms with E-state index in [1.54, 1.807) is 7.11 Å². The Hall–Kier alpha value is -1.98. The van der Waals surface area contributed by atoms with Gasteiger partial charge in [0.25, 0.3) is 0 Å². The summed E-state index contributed by atoms with van der Waals surface area (Å²) in [4.78, 5) is 0. The Bertz CT molecular complexity index is 754. The predicted molar refractivity (Wildman–Crippen MR) is 85.6 cm³/mol. The molecule has 0 aliphatic carbocycles. The molecule has 0 aliphatic rings. The molecule has 0 aliphatic heterocycles. The summed E-state index contributed by atoms with van der Waals surface area (Å²) in [6.07, 6.45) is 0. The van der Waals surface area contributed by atoms with E-state index in [1.165, 1.54) is 0 Å². The molecule has 0 saturated heterocycles. The fraction of sp³-hybridized carbons (Fsp3) is 0.0667. The molecule has 6 heteroatoms. The van der Waals surface area contributed by atoms with E-state index in [4.69, 9.17) is 16.3 Å². The Labute approximate surface area is 132 Å². The molecular formula is C15H12ClN3OS. The quantitative estimate of drug-likeness (QED) is 0.745. The van der Waals surface area contributed by atoms with Crippen LogP contribution in [0, 0.1) is 0 Å². The summed E-state index contributed by atoms with van der Waals surface area (Å²) in [7, 11) is 1.64. The third-order valence-electron chi connectivity index (χ3n) is 3.08. The highest BCUT2D eigenvalue weighted by molar-refractivity contribution is 7.80. The maximum atomic E-state index is 5.93. The van der Waals surface area contributed by atoms with Gasteiger partial charge in [-0.3, -0.25) is 4.57 Å². The standard InChI is InChI=1S/C15H12ClN3OS/c1-20-13-8-2-10(3-9-13)14-17-18-15(21)19(14)12-6-4-11(16)5-7-12/h2-9H,1H3,(H,18,21). The largest absolute Gasteiger partial charge is 0.497 e. The van der Waals surface area contributed by atoms with Crippen LogP contribution < -0.4 is 4.74 Å². The second kappa shape index (κ2) is 5.79. The second-order valence-corrected chi connectivity index (χ2v) is 5.20. The highest BCUT2D eigenvalue weighted by Crippen LogP contribution is 2.26. The lowest BCUT2D eigenvalue weighted by molar-refractivity contribution is 0.415. The van der Waals surface area contributed by atoms with Crippen LogP contribution in [0.4, 0.5) is 0 Å². The van der Waals surface area contributed by atoms with Gasteiger partial charge in [-0.15, -0.1) is 22.8 Å². The van der Waals surface area contributed by atoms with E-state index < -0.39 is 0 Å². The lowest BCUT2D eigenvalue weighted by Crippen LogP contribution is -1.98. The lowest BCUT2D eigenvalue weighted by atomic mass is 10.2.